The summed E-state index contributed by atoms with van der Waals surface area (Å²) in [5.41, 5.74) is 3.28. The van der Waals surface area contributed by atoms with E-state index in [1.165, 1.54) is 11.6 Å². The van der Waals surface area contributed by atoms with Gasteiger partial charge in [0.05, 0.1) is 12.2 Å². The van der Waals surface area contributed by atoms with Crippen LogP contribution in [0.4, 0.5) is 11.5 Å². The van der Waals surface area contributed by atoms with Crippen LogP contribution < -0.4 is 14.5 Å². The second kappa shape index (κ2) is 9.47. The van der Waals surface area contributed by atoms with E-state index >= 15 is 0 Å². The van der Waals surface area contributed by atoms with Gasteiger partial charge in [-0.1, -0.05) is 30.8 Å². The highest BCUT2D eigenvalue weighted by Gasteiger charge is 2.53. The molecule has 0 atom stereocenters. The number of hydrogen-bond acceptors (Lipinski definition) is 8. The smallest absolute Gasteiger partial charge is 0.318 e. The quantitative estimate of drug-likeness (QED) is 0.482. The summed E-state index contributed by atoms with van der Waals surface area (Å²) in [6, 6.07) is 12.2. The molecule has 198 valence electrons. The number of carbonyl (C=O) groups is 1. The zero-order valence-corrected chi connectivity index (χ0v) is 22.1. The van der Waals surface area contributed by atoms with Gasteiger partial charge in [0.25, 0.3) is 0 Å². The van der Waals surface area contributed by atoms with Crippen molar-refractivity contribution >= 4 is 28.2 Å². The van der Waals surface area contributed by atoms with E-state index in [-0.39, 0.29) is 17.1 Å². The average Bonchev–Trinajstić information content (AvgIpc) is 2.85. The zero-order chi connectivity index (χ0) is 26.4. The van der Waals surface area contributed by atoms with Crippen LogP contribution in [-0.4, -0.2) is 90.8 Å². The zero-order valence-electron chi connectivity index (χ0n) is 22.1. The van der Waals surface area contributed by atoms with Crippen LogP contribution in [0.3, 0.4) is 0 Å². The molecular weight excluding hydrogens is 480 g/mol. The van der Waals surface area contributed by atoms with Crippen molar-refractivity contribution in [3.63, 3.8) is 0 Å². The van der Waals surface area contributed by atoms with Crippen LogP contribution in [0.25, 0.3) is 10.8 Å². The molecule has 2 fully saturated rings. The molecular formula is C29H34N6O3. The SMILES string of the molecule is C=CC(=O)N1CC2(C1)CN(c1nc(OCCN(C)C)nc3c1CCN(c1cc(O)cc4ccccc14)C3)C2. The van der Waals surface area contributed by atoms with E-state index in [2.05, 4.69) is 27.3 Å². The number of aromatic hydroxyl groups is 1. The molecule has 9 heteroatoms. The molecule has 1 N–H and O–H groups in total. The fraction of sp³-hybridized carbons (Fsp3) is 0.414. The first-order valence-electron chi connectivity index (χ1n) is 13.1. The van der Waals surface area contributed by atoms with Crippen molar-refractivity contribution in [3.8, 4) is 11.8 Å². The van der Waals surface area contributed by atoms with Crippen molar-refractivity contribution in [2.24, 2.45) is 5.41 Å². The lowest BCUT2D eigenvalue weighted by Crippen LogP contribution is -2.73. The molecule has 1 aromatic heterocycles. The van der Waals surface area contributed by atoms with E-state index < -0.39 is 0 Å². The maximum Gasteiger partial charge on any atom is 0.318 e. The number of rotatable bonds is 7. The van der Waals surface area contributed by atoms with E-state index in [0.717, 1.165) is 73.7 Å². The second-order valence-electron chi connectivity index (χ2n) is 11.0. The van der Waals surface area contributed by atoms with Crippen LogP contribution in [-0.2, 0) is 17.8 Å². The predicted molar refractivity (Wildman–Crippen MR) is 148 cm³/mol. The standard InChI is InChI=1S/C29H34N6O3/c1-4-26(37)34-16-29(17-34)18-35(19-29)27-23-9-10-33(15-24(23)30-28(31-27)38-12-11-32(2)3)25-14-21(36)13-20-7-5-6-8-22(20)25/h4-8,13-14,36H,1,9-12,15-19H2,2-3H3. The number of benzene rings is 2. The summed E-state index contributed by atoms with van der Waals surface area (Å²) in [5, 5.41) is 12.5. The number of aromatic nitrogens is 2. The van der Waals surface area contributed by atoms with E-state index in [9.17, 15) is 9.90 Å². The number of carbonyl (C=O) groups excluding carboxylic acids is 1. The van der Waals surface area contributed by atoms with Crippen LogP contribution in [0.15, 0.2) is 49.1 Å². The first-order valence-corrected chi connectivity index (χ1v) is 13.1. The number of ether oxygens (including phenoxy) is 1. The lowest BCUT2D eigenvalue weighted by molar-refractivity contribution is -0.139. The lowest BCUT2D eigenvalue weighted by atomic mass is 9.72. The minimum atomic E-state index is 0.00429. The topological polar surface area (TPSA) is 85.3 Å². The molecule has 0 aliphatic carbocycles. The van der Waals surface area contributed by atoms with Gasteiger partial charge in [-0.3, -0.25) is 4.79 Å². The van der Waals surface area contributed by atoms with Gasteiger partial charge in [0.2, 0.25) is 5.91 Å². The molecule has 1 spiro atoms. The molecule has 38 heavy (non-hydrogen) atoms. The van der Waals surface area contributed by atoms with Crippen LogP contribution in [0.1, 0.15) is 11.3 Å². The highest BCUT2D eigenvalue weighted by molar-refractivity contribution is 5.95. The third-order valence-corrected chi connectivity index (χ3v) is 7.85. The first kappa shape index (κ1) is 24.5. The normalized spacial score (nSPS) is 17.8. The number of phenols is 1. The molecule has 2 saturated heterocycles. The summed E-state index contributed by atoms with van der Waals surface area (Å²) in [7, 11) is 4.02. The van der Waals surface area contributed by atoms with Crippen molar-refractivity contribution in [2.75, 3.05) is 69.8 Å². The Labute approximate surface area is 222 Å². The highest BCUT2D eigenvalue weighted by atomic mass is 16.5. The monoisotopic (exact) mass is 514 g/mol. The van der Waals surface area contributed by atoms with Crippen LogP contribution in [0.2, 0.25) is 0 Å². The predicted octanol–water partition coefficient (Wildman–Crippen LogP) is 2.67. The number of anilines is 2. The molecule has 6 rings (SSSR count). The second-order valence-corrected chi connectivity index (χ2v) is 11.0. The van der Waals surface area contributed by atoms with E-state index in [1.54, 1.807) is 6.07 Å². The molecule has 0 saturated carbocycles. The minimum Gasteiger partial charge on any atom is -0.508 e. The highest BCUT2D eigenvalue weighted by Crippen LogP contribution is 2.44. The summed E-state index contributed by atoms with van der Waals surface area (Å²) < 4.78 is 6.01. The van der Waals surface area contributed by atoms with Gasteiger partial charge in [-0.05, 0) is 38.0 Å². The molecule has 9 nitrogen and oxygen atoms in total. The lowest BCUT2D eigenvalue weighted by Gasteiger charge is -2.60. The van der Waals surface area contributed by atoms with Gasteiger partial charge in [-0.15, -0.1) is 0 Å². The maximum absolute atomic E-state index is 11.9. The molecule has 2 aromatic carbocycles. The summed E-state index contributed by atoms with van der Waals surface area (Å²) >= 11 is 0. The van der Waals surface area contributed by atoms with Crippen molar-refractivity contribution in [3.05, 3.63) is 60.3 Å². The molecule has 3 aliphatic heterocycles. The van der Waals surface area contributed by atoms with Gasteiger partial charge < -0.3 is 29.4 Å². The number of fused-ring (bicyclic) bond motifs is 2. The minimum absolute atomic E-state index is 0.00429. The number of likely N-dealkylation sites (N-methyl/N-ethyl adjacent to an activating group) is 1. The first-order chi connectivity index (χ1) is 18.3. The summed E-state index contributed by atoms with van der Waals surface area (Å²) in [4.78, 5) is 30.2. The van der Waals surface area contributed by atoms with E-state index in [0.29, 0.717) is 19.2 Å². The van der Waals surface area contributed by atoms with Crippen molar-refractivity contribution in [1.29, 1.82) is 0 Å². The summed E-state index contributed by atoms with van der Waals surface area (Å²) in [6.45, 7) is 9.59. The summed E-state index contributed by atoms with van der Waals surface area (Å²) in [5.74, 6) is 1.22. The Kier molecular flexibility index (Phi) is 6.10. The van der Waals surface area contributed by atoms with Crippen LogP contribution in [0.5, 0.6) is 11.8 Å². The Morgan fingerprint density at radius 3 is 2.71 bits per heavy atom. The molecule has 0 bridgehead atoms. The van der Waals surface area contributed by atoms with Crippen LogP contribution in [0, 0.1) is 5.41 Å². The van der Waals surface area contributed by atoms with Gasteiger partial charge in [-0.25, -0.2) is 0 Å². The van der Waals surface area contributed by atoms with Gasteiger partial charge in [0, 0.05) is 67.4 Å². The average molecular weight is 515 g/mol. The Balaban J connectivity index is 1.27. The van der Waals surface area contributed by atoms with Gasteiger partial charge in [-0.2, -0.15) is 9.97 Å². The molecule has 3 aliphatic rings. The van der Waals surface area contributed by atoms with Crippen LogP contribution >= 0.6 is 0 Å². The third-order valence-electron chi connectivity index (χ3n) is 7.85. The van der Waals surface area contributed by atoms with E-state index in [1.807, 2.05) is 43.3 Å². The number of phenolic OH excluding ortho intramolecular Hbond substituents is 1. The Bertz CT molecular complexity index is 1390. The van der Waals surface area contributed by atoms with Gasteiger partial charge in [0.1, 0.15) is 18.2 Å². The third kappa shape index (κ3) is 4.41. The Hall–Kier alpha value is -3.85. The Morgan fingerprint density at radius 2 is 1.95 bits per heavy atom. The Morgan fingerprint density at radius 1 is 1.16 bits per heavy atom. The number of hydrogen-bond donors (Lipinski definition) is 1. The van der Waals surface area contributed by atoms with Crippen molar-refractivity contribution in [2.45, 2.75) is 13.0 Å². The van der Waals surface area contributed by atoms with Crippen molar-refractivity contribution in [1.82, 2.24) is 19.8 Å². The van der Waals surface area contributed by atoms with Gasteiger partial charge >= 0.3 is 6.01 Å². The number of nitrogens with zero attached hydrogens (tertiary/aromatic N) is 6. The van der Waals surface area contributed by atoms with Crippen molar-refractivity contribution < 1.29 is 14.6 Å². The summed E-state index contributed by atoms with van der Waals surface area (Å²) in [6.07, 6.45) is 2.19. The number of likely N-dealkylation sites (tertiary alicyclic amines) is 1. The van der Waals surface area contributed by atoms with Gasteiger partial charge in [0.15, 0.2) is 0 Å². The fourth-order valence-electron chi connectivity index (χ4n) is 5.94. The molecule has 1 amide bonds. The largest absolute Gasteiger partial charge is 0.508 e. The maximum atomic E-state index is 11.9. The molecule has 0 radical (unpaired) electrons. The molecule has 4 heterocycles. The molecule has 3 aromatic rings. The molecule has 0 unspecified atom stereocenters. The number of amides is 1. The van der Waals surface area contributed by atoms with E-state index in [4.69, 9.17) is 14.7 Å². The fourth-order valence-corrected chi connectivity index (χ4v) is 5.94.